The maximum Gasteiger partial charge on any atom is 0.272 e. The molecule has 0 saturated heterocycles. The summed E-state index contributed by atoms with van der Waals surface area (Å²) in [5.41, 5.74) is 27.0. The molecule has 6 unspecified atom stereocenters. The van der Waals surface area contributed by atoms with E-state index in [0.717, 1.165) is 79.2 Å². The first-order valence-corrected chi connectivity index (χ1v) is 43.4. The topological polar surface area (TPSA) is 498 Å². The molecule has 0 aliphatic carbocycles. The number of aliphatic imine (C=N–C) groups is 2. The number of carbonyl (C=O) groups excluding carboxylic acids is 3. The quantitative estimate of drug-likeness (QED) is 0.00571. The Balaban J connectivity index is 0.000000407. The summed E-state index contributed by atoms with van der Waals surface area (Å²) in [6.07, 6.45) is 9.45. The summed E-state index contributed by atoms with van der Waals surface area (Å²) in [6.45, 7) is 25.9. The van der Waals surface area contributed by atoms with Gasteiger partial charge in [0, 0.05) is 87.5 Å². The highest BCUT2D eigenvalue weighted by Gasteiger charge is 2.21. The number of Topliss-reactive ketones (excluding diaryl/α,β-unsaturated/α-hetero) is 2. The number of phenols is 1. The molecule has 6 atom stereocenters. The summed E-state index contributed by atoms with van der Waals surface area (Å²) in [5, 5.41) is 27.3. The van der Waals surface area contributed by atoms with Crippen molar-refractivity contribution in [2.45, 2.75) is 146 Å². The van der Waals surface area contributed by atoms with E-state index in [2.05, 4.69) is 91.4 Å². The fraction of sp³-hybridized carbons (Fsp3) is 0.375. The number of nitrogen functional groups attached to an aromatic ring is 3. The van der Waals surface area contributed by atoms with E-state index in [1.165, 1.54) is 40.5 Å². The van der Waals surface area contributed by atoms with E-state index in [4.69, 9.17) is 76.5 Å². The molecule has 0 bridgehead atoms. The summed E-state index contributed by atoms with van der Waals surface area (Å²) in [6, 6.07) is 51.9. The van der Waals surface area contributed by atoms with Crippen molar-refractivity contribution in [2.24, 2.45) is 15.9 Å². The average molecular weight is 1930 g/mol. The predicted octanol–water partition coefficient (Wildman–Crippen LogP) is 13.7. The van der Waals surface area contributed by atoms with Gasteiger partial charge in [0.25, 0.3) is 29.2 Å². The lowest BCUT2D eigenvalue weighted by Gasteiger charge is -2.19. The van der Waals surface area contributed by atoms with Crippen molar-refractivity contribution in [3.05, 3.63) is 245 Å². The number of nitrogens with one attached hydrogen (secondary N) is 2. The van der Waals surface area contributed by atoms with Crippen LogP contribution >= 0.6 is 11.6 Å². The molecule has 0 saturated carbocycles. The second-order valence-corrected chi connectivity index (χ2v) is 31.2. The van der Waals surface area contributed by atoms with E-state index >= 15 is 0 Å². The number of alkyl halides is 1. The number of methoxy groups -OCH3 is 4. The number of carbonyl (C=O) groups is 3. The van der Waals surface area contributed by atoms with Crippen LogP contribution in [0.1, 0.15) is 124 Å². The smallest absolute Gasteiger partial charge is 0.272 e. The average Bonchev–Trinajstić information content (AvgIpc) is 1.67. The van der Waals surface area contributed by atoms with Crippen LogP contribution in [0.5, 0.6) is 34.5 Å². The molecule has 748 valence electrons. The number of H-pyrrole nitrogens is 1. The van der Waals surface area contributed by atoms with Crippen LogP contribution in [0.2, 0.25) is 0 Å². The van der Waals surface area contributed by atoms with E-state index in [-0.39, 0.29) is 83.8 Å². The molecule has 41 nitrogen and oxygen atoms in total. The molecular formula is C96H137ClN26O15. The third-order valence-corrected chi connectivity index (χ3v) is 18.5. The van der Waals surface area contributed by atoms with E-state index in [1.54, 1.807) is 100.0 Å². The molecule has 0 spiro atoms. The van der Waals surface area contributed by atoms with Gasteiger partial charge in [-0.2, -0.15) is 38.5 Å². The van der Waals surface area contributed by atoms with Crippen molar-refractivity contribution >= 4 is 88.7 Å². The Bertz CT molecular complexity index is 5730. The molecule has 13 aromatic rings. The number of anilines is 3. The zero-order valence-electron chi connectivity index (χ0n) is 84.0. The van der Waals surface area contributed by atoms with E-state index in [0.29, 0.717) is 29.0 Å². The number of aromatic hydroxyl groups is 1. The molecular weight excluding hydrogens is 1790 g/mol. The van der Waals surface area contributed by atoms with Crippen LogP contribution in [-0.2, 0) is 43.0 Å². The minimum absolute atomic E-state index is 0.0247. The normalized spacial score (nSPS) is 11.9. The highest BCUT2D eigenvalue weighted by molar-refractivity contribution is 6.30. The molecule has 138 heavy (non-hydrogen) atoms. The van der Waals surface area contributed by atoms with Crippen LogP contribution in [0.15, 0.2) is 205 Å². The number of aromatic amines is 1. The van der Waals surface area contributed by atoms with Crippen LogP contribution in [-0.4, -0.2) is 258 Å². The third-order valence-electron chi connectivity index (χ3n) is 18.2. The maximum atomic E-state index is 11.7. The number of rotatable bonds is 29. The van der Waals surface area contributed by atoms with E-state index in [9.17, 15) is 14.4 Å². The van der Waals surface area contributed by atoms with Gasteiger partial charge < -0.3 is 79.6 Å². The van der Waals surface area contributed by atoms with Gasteiger partial charge in [-0.05, 0) is 213 Å². The summed E-state index contributed by atoms with van der Waals surface area (Å²) >= 11 is 5.26. The van der Waals surface area contributed by atoms with Crippen molar-refractivity contribution < 1.29 is 71.8 Å². The van der Waals surface area contributed by atoms with Gasteiger partial charge in [-0.1, -0.05) is 109 Å². The second-order valence-electron chi connectivity index (χ2n) is 30.6. The number of ketones is 3. The van der Waals surface area contributed by atoms with Crippen LogP contribution in [0.25, 0.3) is 17.3 Å². The maximum absolute atomic E-state index is 11.7. The van der Waals surface area contributed by atoms with E-state index in [1.807, 2.05) is 296 Å². The zero-order chi connectivity index (χ0) is 103. The Morgan fingerprint density at radius 3 is 1.06 bits per heavy atom. The molecule has 7 aromatic heterocycles. The lowest BCUT2D eigenvalue weighted by atomic mass is 10.2. The van der Waals surface area contributed by atoms with Gasteiger partial charge >= 0.3 is 0 Å². The number of halogens is 1. The Labute approximate surface area is 812 Å². The first-order chi connectivity index (χ1) is 65.6. The highest BCUT2D eigenvalue weighted by atomic mass is 35.5. The number of ether oxygens (including phenoxy) is 9. The number of aryl methyl sites for hydroxylation is 6. The summed E-state index contributed by atoms with van der Waals surface area (Å²) in [7, 11) is 24.4. The molecule has 0 aliphatic rings. The van der Waals surface area contributed by atoms with Gasteiger partial charge in [-0.3, -0.25) is 34.5 Å². The summed E-state index contributed by atoms with van der Waals surface area (Å²) in [4.78, 5) is 85.3. The summed E-state index contributed by atoms with van der Waals surface area (Å²) < 4.78 is 53.6. The Morgan fingerprint density at radius 1 is 0.449 bits per heavy atom. The van der Waals surface area contributed by atoms with E-state index < -0.39 is 6.10 Å². The lowest BCUT2D eigenvalue weighted by Crippen LogP contribution is -2.30. The number of nitrogens with zero attached hydrogens (tertiary/aromatic N) is 20. The van der Waals surface area contributed by atoms with Crippen molar-refractivity contribution in [3.8, 4) is 34.5 Å². The molecule has 0 radical (unpaired) electrons. The van der Waals surface area contributed by atoms with Gasteiger partial charge in [0.2, 0.25) is 30.7 Å². The number of phenolic OH excluding ortho intramolecular Hbond substituents is 1. The van der Waals surface area contributed by atoms with Crippen LogP contribution in [0, 0.1) is 41.5 Å². The van der Waals surface area contributed by atoms with Crippen molar-refractivity contribution in [2.75, 3.05) is 116 Å². The molecule has 6 aromatic carbocycles. The number of benzene rings is 6. The van der Waals surface area contributed by atoms with Gasteiger partial charge in [-0.25, -0.2) is 30.9 Å². The Morgan fingerprint density at radius 2 is 0.783 bits per heavy atom. The van der Waals surface area contributed by atoms with Gasteiger partial charge in [0.05, 0.1) is 43.0 Å². The number of hydroxylamine groups is 1. The number of aromatic nitrogens is 15. The van der Waals surface area contributed by atoms with Crippen molar-refractivity contribution in [1.29, 1.82) is 0 Å². The fourth-order valence-electron chi connectivity index (χ4n) is 10.7. The molecule has 0 fully saturated rings. The molecule has 11 N–H and O–H groups in total. The minimum Gasteiger partial charge on any atom is -0.508 e. The summed E-state index contributed by atoms with van der Waals surface area (Å²) in [5.74, 6) is 11.5. The standard InChI is InChI=1S/C17H20N6O.C16H18N6O2.C14H15N5O.C14H19NO2.C11H14O2.C7H8O.2C5H13NO2.C4H7ClO.C2H5N5.CH5NO/c1-12-7-5-6-8-15(12)24-13(2)14-9-10-18-17-20-16(21-23(14)17)19-11-22(3)4;1-11-6-4-5-7-14(11)24-12(2)13-8-9-17-16-20-15(21-22(13)16)18-10-19-23-3;1-9-5-3-4-6-12(9)20-10(2)11-7-8-16-14-17-13(15)18-19(11)14;1-11-7-5-6-8-14(11)17-12(2)13(16)9-10-15(3)4;1-8-6-4-5-7-11(8)13-10(3)9(2)12;1-6-4-2-3-5-7(6)8;2*1-6(2)5(7-3)8-4;1-3(5)4(2)6;3-1-5-2(4)7-6-1;1-3-2/h5-11,13H,1-4H3;4-10,12H,1-3H3,(H,18,19,21);3-8,10H,1-2H3,(H2,15,18);5-10,12H,1-4H3;4-7,10H,1-3H3;2-5,8H,1H3;2*5H,1-4H3;3H,1-2H3;(H5,3,4,5,6,7);2H2,1H3/b;;;10-9+;;;;;;;. The highest BCUT2D eigenvalue weighted by Crippen LogP contribution is 2.29. The van der Waals surface area contributed by atoms with Crippen molar-refractivity contribution in [1.82, 2.24) is 99.0 Å². The second kappa shape index (κ2) is 63.9. The van der Waals surface area contributed by atoms with Crippen molar-refractivity contribution in [3.63, 3.8) is 0 Å². The number of hydrogen-bond donors (Lipinski definition) is 7. The zero-order valence-corrected chi connectivity index (χ0v) is 84.8. The number of para-hydroxylation sites is 6. The molecule has 13 rings (SSSR count). The molecule has 0 aliphatic heterocycles. The van der Waals surface area contributed by atoms with Crippen LogP contribution in [0.4, 0.5) is 29.7 Å². The van der Waals surface area contributed by atoms with Crippen LogP contribution in [0.3, 0.4) is 0 Å². The molecule has 0 amide bonds. The molecule has 42 heteroatoms. The largest absolute Gasteiger partial charge is 0.508 e. The number of nitrogens with two attached hydrogens (primary N) is 4. The number of hydrogen-bond acceptors (Lipinski definition) is 35. The minimum atomic E-state index is -0.465. The molecule has 7 heterocycles. The van der Waals surface area contributed by atoms with Gasteiger partial charge in [0.15, 0.2) is 23.8 Å². The SMILES string of the molecule is CC(=O)C(C)Cl.CC(=O)C(C)Oc1ccccc1C.COC(OC)N(C)C.COC(OC)N(C)C.CON.CONC=Nc1nc2nccc(C(C)Oc3ccccc3C)n2n1.Cc1ccccc1O.Cc1ccccc1OC(C)C(=O)/C=C/N(C)C.Cc1ccccc1OC(C)c1ccnc2nc(N)nn12.Cc1ccccc1OC(C)c1ccnc2nc(N=CN(C)C)nn12.Nc1n[nH]c(N)n1. The first-order valence-electron chi connectivity index (χ1n) is 43.0. The predicted molar refractivity (Wildman–Crippen MR) is 537 cm³/mol. The lowest BCUT2D eigenvalue weighted by molar-refractivity contribution is -0.179. The Hall–Kier alpha value is -14.3. The number of fused-ring (bicyclic) bond motifs is 3. The van der Waals surface area contributed by atoms with Crippen LogP contribution < -0.4 is 52.3 Å². The third kappa shape index (κ3) is 43.6. The van der Waals surface area contributed by atoms with Gasteiger partial charge in [-0.15, -0.1) is 32.0 Å². The monoisotopic (exact) mass is 1930 g/mol. The Kier molecular flexibility index (Phi) is 54.6. The van der Waals surface area contributed by atoms with Gasteiger partial charge in [0.1, 0.15) is 64.9 Å². The first kappa shape index (κ1) is 118. The fourth-order valence-corrected chi connectivity index (χ4v) is 10.7.